The molecule has 0 fully saturated rings. The summed E-state index contributed by atoms with van der Waals surface area (Å²) in [7, 11) is 0.907. The molecule has 0 spiro atoms. The van der Waals surface area contributed by atoms with Gasteiger partial charge in [0.05, 0.1) is 16.9 Å². The summed E-state index contributed by atoms with van der Waals surface area (Å²) in [6, 6.07) is 7.15. The molecule has 2 aromatic rings. The first kappa shape index (κ1) is 35.7. The van der Waals surface area contributed by atoms with Gasteiger partial charge in [-0.15, -0.1) is 12.4 Å². The van der Waals surface area contributed by atoms with E-state index in [1.165, 1.54) is 25.1 Å². The van der Waals surface area contributed by atoms with Crippen LogP contribution < -0.4 is 0 Å². The summed E-state index contributed by atoms with van der Waals surface area (Å²) in [6.45, 7) is 1.33. The highest BCUT2D eigenvalue weighted by molar-refractivity contribution is 9.10. The van der Waals surface area contributed by atoms with Gasteiger partial charge in [0.25, 0.3) is 0 Å². The molecule has 15 heteroatoms. The van der Waals surface area contributed by atoms with Crippen molar-refractivity contribution in [3.05, 3.63) is 67.6 Å². The summed E-state index contributed by atoms with van der Waals surface area (Å²) in [6.07, 6.45) is -9.00. The molecule has 0 aliphatic rings. The molecule has 0 aliphatic heterocycles. The lowest BCUT2D eigenvalue weighted by atomic mass is 10.1. The minimum absolute atomic E-state index is 0. The smallest absolute Gasteiger partial charge is 0.288 e. The molecule has 0 aliphatic carbocycles. The molecule has 0 radical (unpaired) electrons. The molecule has 3 nitrogen and oxygen atoms in total. The van der Waals surface area contributed by atoms with Gasteiger partial charge in [-0.3, -0.25) is 4.79 Å². The summed E-state index contributed by atoms with van der Waals surface area (Å²) in [5.41, 5.74) is -1.96. The van der Waals surface area contributed by atoms with Gasteiger partial charge in [-0.25, -0.2) is 8.42 Å². The fraction of sp³-hybridized carbons (Fsp3) is 0.316. The van der Waals surface area contributed by atoms with E-state index in [0.29, 0.717) is 4.47 Å². The number of hydrogen-bond donors (Lipinski definition) is 0. The molecule has 0 heterocycles. The molecule has 0 aromatic heterocycles. The quantitative estimate of drug-likeness (QED) is 0.236. The van der Waals surface area contributed by atoms with Crippen LogP contribution in [0.15, 0.2) is 45.3 Å². The van der Waals surface area contributed by atoms with E-state index in [9.17, 15) is 39.6 Å². The normalized spacial score (nSPS) is 11.5. The first-order chi connectivity index (χ1) is 14.4. The molecule has 0 saturated carbocycles. The molecule has 0 bridgehead atoms. The van der Waals surface area contributed by atoms with Gasteiger partial charge in [0.15, 0.2) is 5.12 Å². The number of benzene rings is 2. The van der Waals surface area contributed by atoms with Gasteiger partial charge in [-0.1, -0.05) is 63.2 Å². The molecule has 194 valence electrons. The average molecular weight is 703 g/mol. The maximum atomic E-state index is 12.6. The third-order valence-electron chi connectivity index (χ3n) is 3.51. The number of alkyl halides is 6. The standard InChI is InChI=1S/C10H8BrF3OS.C8H5BrClF3O2S.CH4.ClH/c1-6(15)16-5-7-2-3-8(11)4-9(7)10(12,13)14;9-6-2-1-5(4-16(10,14)15)7(3-6)8(11,12)13;;/h2-4H,5H2,1H3;1-3H,4H2;1H4;1H. The molecule has 0 unspecified atom stereocenters. The van der Waals surface area contributed by atoms with Gasteiger partial charge >= 0.3 is 12.4 Å². The molecular weight excluding hydrogens is 685 g/mol. The number of halogens is 10. The third kappa shape index (κ3) is 13.0. The Bertz CT molecular complexity index is 1080. The van der Waals surface area contributed by atoms with E-state index in [4.69, 9.17) is 10.7 Å². The Morgan fingerprint density at radius 3 is 1.65 bits per heavy atom. The molecule has 2 rings (SSSR count). The van der Waals surface area contributed by atoms with E-state index in [2.05, 4.69) is 31.9 Å². The second-order valence-electron chi connectivity index (χ2n) is 6.06. The lowest BCUT2D eigenvalue weighted by Gasteiger charge is -2.12. The Labute approximate surface area is 225 Å². The minimum Gasteiger partial charge on any atom is -0.288 e. The van der Waals surface area contributed by atoms with Gasteiger partial charge in [-0.05, 0) is 35.4 Å². The second kappa shape index (κ2) is 14.3. The van der Waals surface area contributed by atoms with Gasteiger partial charge in [-0.2, -0.15) is 26.3 Å². The van der Waals surface area contributed by atoms with Crippen LogP contribution in [0.3, 0.4) is 0 Å². The number of hydrogen-bond acceptors (Lipinski definition) is 4. The number of rotatable bonds is 4. The lowest BCUT2D eigenvalue weighted by molar-refractivity contribution is -0.139. The zero-order valence-corrected chi connectivity index (χ0v) is 22.6. The van der Waals surface area contributed by atoms with E-state index in [1.54, 1.807) is 0 Å². The molecule has 0 amide bonds. The van der Waals surface area contributed by atoms with Crippen LogP contribution in [-0.4, -0.2) is 13.5 Å². The highest BCUT2D eigenvalue weighted by Crippen LogP contribution is 2.36. The zero-order valence-electron chi connectivity index (χ0n) is 16.2. The molecule has 0 atom stereocenters. The summed E-state index contributed by atoms with van der Waals surface area (Å²) in [4.78, 5) is 10.7. The van der Waals surface area contributed by atoms with Gasteiger partial charge in [0.2, 0.25) is 9.05 Å². The van der Waals surface area contributed by atoms with Gasteiger partial charge in [0, 0.05) is 32.3 Å². The lowest BCUT2D eigenvalue weighted by Crippen LogP contribution is -2.10. The Morgan fingerprint density at radius 2 is 1.29 bits per heavy atom. The SMILES string of the molecule is C.CC(=O)SCc1ccc(Br)cc1C(F)(F)F.Cl.O=S(=O)(Cl)Cc1ccc(Br)cc1C(F)(F)F. The molecule has 2 aromatic carbocycles. The average Bonchev–Trinajstić information content (AvgIpc) is 2.60. The van der Waals surface area contributed by atoms with Crippen LogP contribution in [0.1, 0.15) is 36.6 Å². The summed E-state index contributed by atoms with van der Waals surface area (Å²) in [5, 5.41) is -0.198. The van der Waals surface area contributed by atoms with Crippen LogP contribution in [0, 0.1) is 0 Å². The number of carbonyl (C=O) groups is 1. The topological polar surface area (TPSA) is 51.2 Å². The van der Waals surface area contributed by atoms with E-state index in [0.717, 1.165) is 30.0 Å². The second-order valence-corrected chi connectivity index (χ2v) is 11.8. The maximum Gasteiger partial charge on any atom is 0.416 e. The summed E-state index contributed by atoms with van der Waals surface area (Å²) in [5.74, 6) is -0.811. The van der Waals surface area contributed by atoms with Crippen molar-refractivity contribution in [3.63, 3.8) is 0 Å². The number of carbonyl (C=O) groups excluding carboxylic acids is 1. The summed E-state index contributed by atoms with van der Waals surface area (Å²) < 4.78 is 97.6. The molecule has 34 heavy (non-hydrogen) atoms. The van der Waals surface area contributed by atoms with Crippen molar-refractivity contribution in [2.75, 3.05) is 0 Å². The van der Waals surface area contributed by atoms with E-state index >= 15 is 0 Å². The predicted molar refractivity (Wildman–Crippen MR) is 133 cm³/mol. The van der Waals surface area contributed by atoms with Crippen molar-refractivity contribution in [1.29, 1.82) is 0 Å². The van der Waals surface area contributed by atoms with Crippen molar-refractivity contribution >= 4 is 80.9 Å². The molecule has 0 N–H and O–H groups in total. The van der Waals surface area contributed by atoms with E-state index in [1.807, 2.05) is 0 Å². The van der Waals surface area contributed by atoms with Crippen LogP contribution in [0.4, 0.5) is 26.3 Å². The van der Waals surface area contributed by atoms with Crippen molar-refractivity contribution in [2.24, 2.45) is 0 Å². The van der Waals surface area contributed by atoms with Gasteiger partial charge in [0.1, 0.15) is 0 Å². The Morgan fingerprint density at radius 1 is 0.912 bits per heavy atom. The first-order valence-electron chi connectivity index (χ1n) is 8.17. The van der Waals surface area contributed by atoms with Crippen LogP contribution in [0.5, 0.6) is 0 Å². The molecular formula is C19H18Br2Cl2F6O3S2. The van der Waals surface area contributed by atoms with E-state index < -0.39 is 38.3 Å². The van der Waals surface area contributed by atoms with Crippen molar-refractivity contribution < 1.29 is 39.6 Å². The largest absolute Gasteiger partial charge is 0.416 e. The maximum absolute atomic E-state index is 12.6. The van der Waals surface area contributed by atoms with Gasteiger partial charge < -0.3 is 0 Å². The Kier molecular flexibility index (Phi) is 15.0. The van der Waals surface area contributed by atoms with Crippen LogP contribution in [0.2, 0.25) is 0 Å². The minimum atomic E-state index is -4.61. The fourth-order valence-electron chi connectivity index (χ4n) is 2.24. The monoisotopic (exact) mass is 700 g/mol. The highest BCUT2D eigenvalue weighted by atomic mass is 79.9. The van der Waals surface area contributed by atoms with Crippen LogP contribution in [-0.2, 0) is 37.7 Å². The Balaban J connectivity index is 0. The Hall–Kier alpha value is -0.470. The van der Waals surface area contributed by atoms with E-state index in [-0.39, 0.29) is 46.3 Å². The zero-order chi connectivity index (χ0) is 24.9. The van der Waals surface area contributed by atoms with Crippen molar-refractivity contribution in [2.45, 2.75) is 38.2 Å². The van der Waals surface area contributed by atoms with Crippen LogP contribution in [0.25, 0.3) is 0 Å². The van der Waals surface area contributed by atoms with Crippen molar-refractivity contribution in [1.82, 2.24) is 0 Å². The predicted octanol–water partition coefficient (Wildman–Crippen LogP) is 8.84. The summed E-state index contributed by atoms with van der Waals surface area (Å²) >= 11 is 6.75. The molecule has 0 saturated heterocycles. The first-order valence-corrected chi connectivity index (χ1v) is 13.2. The third-order valence-corrected chi connectivity index (χ3v) is 6.34. The highest BCUT2D eigenvalue weighted by Gasteiger charge is 2.34. The fourth-order valence-corrected chi connectivity index (χ4v) is 4.55. The number of thioether (sulfide) groups is 1. The van der Waals surface area contributed by atoms with Crippen molar-refractivity contribution in [3.8, 4) is 0 Å². The van der Waals surface area contributed by atoms with Crippen LogP contribution >= 0.6 is 66.7 Å².